The Bertz CT molecular complexity index is 747. The molecule has 0 bridgehead atoms. The molecule has 150 valence electrons. The molecule has 0 saturated carbocycles. The van der Waals surface area contributed by atoms with Crippen LogP contribution in [0.3, 0.4) is 0 Å². The molecule has 1 N–H and O–H groups in total. The van der Waals surface area contributed by atoms with Crippen molar-refractivity contribution in [3.63, 3.8) is 0 Å². The maximum atomic E-state index is 12.3. The quantitative estimate of drug-likeness (QED) is 0.705. The summed E-state index contributed by atoms with van der Waals surface area (Å²) in [6.07, 6.45) is 6.69. The molecule has 0 spiro atoms. The summed E-state index contributed by atoms with van der Waals surface area (Å²) in [5.74, 6) is 1.34. The van der Waals surface area contributed by atoms with Crippen molar-refractivity contribution in [2.45, 2.75) is 38.6 Å². The predicted molar refractivity (Wildman–Crippen MR) is 110 cm³/mol. The van der Waals surface area contributed by atoms with Crippen LogP contribution in [0.1, 0.15) is 43.1 Å². The molecule has 6 nitrogen and oxygen atoms in total. The number of piperidine rings is 1. The summed E-state index contributed by atoms with van der Waals surface area (Å²) in [6, 6.07) is 11.7. The fraction of sp³-hybridized carbons (Fsp3) is 0.455. The van der Waals surface area contributed by atoms with Crippen molar-refractivity contribution in [3.05, 3.63) is 48.3 Å². The maximum Gasteiger partial charge on any atom is 0.269 e. The van der Waals surface area contributed by atoms with Crippen LogP contribution in [0, 0.1) is 0 Å². The van der Waals surface area contributed by atoms with E-state index in [2.05, 4.69) is 22.1 Å². The number of benzene rings is 1. The topological polar surface area (TPSA) is 63.7 Å². The van der Waals surface area contributed by atoms with Gasteiger partial charge < -0.3 is 19.7 Å². The second-order valence-electron chi connectivity index (χ2n) is 6.93. The third-order valence-electron chi connectivity index (χ3n) is 5.13. The number of pyridine rings is 1. The van der Waals surface area contributed by atoms with Gasteiger partial charge in [-0.3, -0.25) is 4.79 Å². The second-order valence-corrected chi connectivity index (χ2v) is 6.93. The van der Waals surface area contributed by atoms with Crippen molar-refractivity contribution in [2.75, 3.05) is 31.7 Å². The number of carbonyl (C=O) groups excluding carboxylic acids is 1. The normalized spacial score (nSPS) is 16.5. The lowest BCUT2D eigenvalue weighted by molar-refractivity contribution is 0.0942. The Kier molecular flexibility index (Phi) is 7.12. The highest BCUT2D eigenvalue weighted by Crippen LogP contribution is 2.26. The minimum Gasteiger partial charge on any atom is -0.497 e. The average molecular weight is 383 g/mol. The Hall–Kier alpha value is -2.76. The van der Waals surface area contributed by atoms with E-state index in [1.165, 1.54) is 19.3 Å². The Morgan fingerprint density at radius 2 is 1.96 bits per heavy atom. The molecule has 1 aromatic heterocycles. The van der Waals surface area contributed by atoms with Gasteiger partial charge >= 0.3 is 0 Å². The van der Waals surface area contributed by atoms with Crippen molar-refractivity contribution in [3.8, 4) is 11.5 Å². The van der Waals surface area contributed by atoms with E-state index in [1.807, 2.05) is 36.5 Å². The van der Waals surface area contributed by atoms with Gasteiger partial charge in [-0.1, -0.05) is 6.92 Å². The summed E-state index contributed by atoms with van der Waals surface area (Å²) in [4.78, 5) is 19.1. The molecule has 2 heterocycles. The number of aromatic nitrogens is 1. The van der Waals surface area contributed by atoms with Crippen LogP contribution in [0.2, 0.25) is 0 Å². The Morgan fingerprint density at radius 3 is 2.64 bits per heavy atom. The average Bonchev–Trinajstić information content (AvgIpc) is 2.77. The Balaban J connectivity index is 1.46. The van der Waals surface area contributed by atoms with Crippen LogP contribution in [0.5, 0.6) is 11.5 Å². The highest BCUT2D eigenvalue weighted by Gasteiger charge is 2.21. The monoisotopic (exact) mass is 383 g/mol. The number of anilines is 1. The fourth-order valence-corrected chi connectivity index (χ4v) is 3.55. The second kappa shape index (κ2) is 9.97. The van der Waals surface area contributed by atoms with Crippen LogP contribution in [0.25, 0.3) is 0 Å². The lowest BCUT2D eigenvalue weighted by Crippen LogP contribution is -2.39. The largest absolute Gasteiger partial charge is 0.497 e. The van der Waals surface area contributed by atoms with Crippen molar-refractivity contribution in [2.24, 2.45) is 0 Å². The summed E-state index contributed by atoms with van der Waals surface area (Å²) in [7, 11) is 1.63. The molecule has 1 saturated heterocycles. The van der Waals surface area contributed by atoms with Gasteiger partial charge in [0.15, 0.2) is 0 Å². The molecular formula is C22H29N3O3. The first-order chi connectivity index (χ1) is 13.7. The summed E-state index contributed by atoms with van der Waals surface area (Å²) in [5.41, 5.74) is 1.53. The number of rotatable bonds is 8. The predicted octanol–water partition coefficient (Wildman–Crippen LogP) is 3.67. The molecule has 28 heavy (non-hydrogen) atoms. The van der Waals surface area contributed by atoms with E-state index in [1.54, 1.807) is 13.2 Å². The zero-order chi connectivity index (χ0) is 19.8. The van der Waals surface area contributed by atoms with Crippen LogP contribution in [-0.2, 0) is 0 Å². The zero-order valence-corrected chi connectivity index (χ0v) is 16.7. The molecule has 0 radical (unpaired) electrons. The molecule has 1 aliphatic rings. The van der Waals surface area contributed by atoms with E-state index < -0.39 is 0 Å². The minimum absolute atomic E-state index is 0.185. The first kappa shape index (κ1) is 20.0. The van der Waals surface area contributed by atoms with Crippen LogP contribution >= 0.6 is 0 Å². The molecule has 1 atom stereocenters. The maximum absolute atomic E-state index is 12.3. The fourth-order valence-electron chi connectivity index (χ4n) is 3.55. The number of hydrogen-bond acceptors (Lipinski definition) is 5. The van der Waals surface area contributed by atoms with E-state index in [0.29, 0.717) is 24.9 Å². The molecule has 1 amide bonds. The van der Waals surface area contributed by atoms with E-state index >= 15 is 0 Å². The summed E-state index contributed by atoms with van der Waals surface area (Å²) < 4.78 is 10.7. The van der Waals surface area contributed by atoms with Crippen LogP contribution in [0.15, 0.2) is 42.6 Å². The van der Waals surface area contributed by atoms with E-state index in [4.69, 9.17) is 9.47 Å². The highest BCUT2D eigenvalue weighted by atomic mass is 16.5. The summed E-state index contributed by atoms with van der Waals surface area (Å²) >= 11 is 0. The van der Waals surface area contributed by atoms with Crippen molar-refractivity contribution in [1.82, 2.24) is 10.3 Å². The Labute approximate surface area is 166 Å². The lowest BCUT2D eigenvalue weighted by Gasteiger charge is -2.37. The summed E-state index contributed by atoms with van der Waals surface area (Å²) in [5, 5.41) is 2.85. The minimum atomic E-state index is -0.185. The molecule has 1 fully saturated rings. The van der Waals surface area contributed by atoms with Gasteiger partial charge in [0.2, 0.25) is 0 Å². The molecule has 0 aliphatic carbocycles. The zero-order valence-electron chi connectivity index (χ0n) is 16.7. The van der Waals surface area contributed by atoms with Gasteiger partial charge in [-0.25, -0.2) is 4.98 Å². The lowest BCUT2D eigenvalue weighted by atomic mass is 9.99. The number of nitrogens with zero attached hydrogens (tertiary/aromatic N) is 2. The molecule has 3 rings (SSSR count). The van der Waals surface area contributed by atoms with E-state index in [0.717, 1.165) is 30.2 Å². The van der Waals surface area contributed by atoms with Gasteiger partial charge in [0.05, 0.1) is 25.5 Å². The number of carbonyl (C=O) groups is 1. The molecule has 2 aromatic rings. The first-order valence-electron chi connectivity index (χ1n) is 9.99. The van der Waals surface area contributed by atoms with Gasteiger partial charge in [-0.15, -0.1) is 0 Å². The van der Waals surface area contributed by atoms with E-state index in [-0.39, 0.29) is 5.91 Å². The smallest absolute Gasteiger partial charge is 0.269 e. The molecule has 1 unspecified atom stereocenters. The van der Waals surface area contributed by atoms with Gasteiger partial charge in [0.1, 0.15) is 23.8 Å². The third-order valence-corrected chi connectivity index (χ3v) is 5.13. The van der Waals surface area contributed by atoms with Gasteiger partial charge in [0.25, 0.3) is 5.91 Å². The molecular weight excluding hydrogens is 354 g/mol. The van der Waals surface area contributed by atoms with Crippen LogP contribution in [-0.4, -0.2) is 43.7 Å². The highest BCUT2D eigenvalue weighted by molar-refractivity contribution is 5.92. The standard InChI is InChI=1S/C22H29N3O3/c1-3-17-6-4-5-14-25(17)18-7-12-21(24-16-18)22(26)23-13-15-28-20-10-8-19(27-2)9-11-20/h7-12,16-17H,3-6,13-15H2,1-2H3,(H,23,26). The van der Waals surface area contributed by atoms with Crippen molar-refractivity contribution < 1.29 is 14.3 Å². The number of hydrogen-bond donors (Lipinski definition) is 1. The SMILES string of the molecule is CCC1CCCCN1c1ccc(C(=O)NCCOc2ccc(OC)cc2)nc1. The molecule has 6 heteroatoms. The van der Waals surface area contributed by atoms with Crippen LogP contribution in [0.4, 0.5) is 5.69 Å². The number of amides is 1. The van der Waals surface area contributed by atoms with Crippen molar-refractivity contribution >= 4 is 11.6 Å². The molecule has 1 aliphatic heterocycles. The van der Waals surface area contributed by atoms with Gasteiger partial charge in [0, 0.05) is 12.6 Å². The summed E-state index contributed by atoms with van der Waals surface area (Å²) in [6.45, 7) is 4.10. The third kappa shape index (κ3) is 5.15. The van der Waals surface area contributed by atoms with Gasteiger partial charge in [-0.05, 0) is 62.1 Å². The van der Waals surface area contributed by atoms with Gasteiger partial charge in [-0.2, -0.15) is 0 Å². The number of methoxy groups -OCH3 is 1. The number of nitrogens with one attached hydrogen (secondary N) is 1. The molecule has 1 aromatic carbocycles. The first-order valence-corrected chi connectivity index (χ1v) is 9.99. The number of ether oxygens (including phenoxy) is 2. The van der Waals surface area contributed by atoms with Crippen LogP contribution < -0.4 is 19.7 Å². The Morgan fingerprint density at radius 1 is 1.18 bits per heavy atom. The van der Waals surface area contributed by atoms with E-state index in [9.17, 15) is 4.79 Å². The van der Waals surface area contributed by atoms with Crippen molar-refractivity contribution in [1.29, 1.82) is 0 Å².